The lowest BCUT2D eigenvalue weighted by molar-refractivity contribution is -0.904. The van der Waals surface area contributed by atoms with Crippen LogP contribution in [-0.2, 0) is 0 Å². The Labute approximate surface area is 128 Å². The lowest BCUT2D eigenvalue weighted by atomic mass is 10.1. The van der Waals surface area contributed by atoms with E-state index in [1.165, 1.54) is 75.4 Å². The highest BCUT2D eigenvalue weighted by Gasteiger charge is 2.18. The third-order valence-corrected chi connectivity index (χ3v) is 3.92. The fraction of sp³-hybridized carbons (Fsp3) is 0.882. The number of unbranched alkanes of at least 4 members (excludes halogenated alkanes) is 7. The van der Waals surface area contributed by atoms with Gasteiger partial charge in [0, 0.05) is 0 Å². The summed E-state index contributed by atoms with van der Waals surface area (Å²) in [5.41, 5.74) is 0. The molecule has 1 nitrogen and oxygen atoms in total. The van der Waals surface area contributed by atoms with E-state index in [4.69, 9.17) is 0 Å². The number of hydrogen-bond acceptors (Lipinski definition) is 0. The third-order valence-electron chi connectivity index (χ3n) is 3.92. The number of nitrogens with zero attached hydrogens (tertiary/aromatic N) is 1. The second-order valence-corrected chi connectivity index (χ2v) is 6.01. The van der Waals surface area contributed by atoms with Crippen molar-refractivity contribution >= 4 is 0 Å². The van der Waals surface area contributed by atoms with Crippen molar-refractivity contribution in [3.63, 3.8) is 0 Å². The van der Waals surface area contributed by atoms with Crippen LogP contribution in [0.1, 0.15) is 71.6 Å². The van der Waals surface area contributed by atoms with Gasteiger partial charge in [-0.2, -0.15) is 0 Å². The van der Waals surface area contributed by atoms with Crippen molar-refractivity contribution < 1.29 is 16.9 Å². The molecule has 19 heavy (non-hydrogen) atoms. The monoisotopic (exact) mass is 289 g/mol. The first-order valence-electron chi connectivity index (χ1n) is 8.13. The molecule has 0 fully saturated rings. The van der Waals surface area contributed by atoms with Crippen molar-refractivity contribution in [2.24, 2.45) is 0 Å². The van der Waals surface area contributed by atoms with Crippen molar-refractivity contribution in [1.29, 1.82) is 0 Å². The summed E-state index contributed by atoms with van der Waals surface area (Å²) < 4.78 is 1.21. The minimum absolute atomic E-state index is 0. The van der Waals surface area contributed by atoms with Gasteiger partial charge in [0.25, 0.3) is 0 Å². The summed E-state index contributed by atoms with van der Waals surface area (Å²) in [6.45, 7) is 12.3. The lowest BCUT2D eigenvalue weighted by Gasteiger charge is -2.34. The van der Waals surface area contributed by atoms with E-state index >= 15 is 0 Å². The molecule has 0 aromatic carbocycles. The molecule has 0 heterocycles. The van der Waals surface area contributed by atoms with Crippen molar-refractivity contribution in [1.82, 2.24) is 0 Å². The Morgan fingerprint density at radius 2 is 1.21 bits per heavy atom. The van der Waals surface area contributed by atoms with Gasteiger partial charge in [0.15, 0.2) is 0 Å². The second kappa shape index (κ2) is 14.4. The zero-order chi connectivity index (χ0) is 13.7. The van der Waals surface area contributed by atoms with E-state index in [-0.39, 0.29) is 12.4 Å². The summed E-state index contributed by atoms with van der Waals surface area (Å²) in [5, 5.41) is 0. The molecule has 0 N–H and O–H groups in total. The first-order valence-corrected chi connectivity index (χ1v) is 8.13. The average Bonchev–Trinajstić information content (AvgIpc) is 2.35. The summed E-state index contributed by atoms with van der Waals surface area (Å²) in [6.07, 6.45) is 14.6. The van der Waals surface area contributed by atoms with Crippen LogP contribution in [0.15, 0.2) is 12.7 Å². The van der Waals surface area contributed by atoms with Crippen LogP contribution in [0.3, 0.4) is 0 Å². The van der Waals surface area contributed by atoms with Crippen LogP contribution in [0.5, 0.6) is 0 Å². The molecule has 0 aliphatic heterocycles. The zero-order valence-corrected chi connectivity index (χ0v) is 14.4. The zero-order valence-electron chi connectivity index (χ0n) is 13.6. The molecule has 0 radical (unpaired) electrons. The maximum atomic E-state index is 3.93. The van der Waals surface area contributed by atoms with Crippen molar-refractivity contribution in [3.05, 3.63) is 12.7 Å². The Balaban J connectivity index is 0. The highest BCUT2D eigenvalue weighted by molar-refractivity contribution is 4.65. The number of rotatable bonds is 13. The predicted molar refractivity (Wildman–Crippen MR) is 83.9 cm³/mol. The largest absolute Gasteiger partial charge is 1.00 e. The molecule has 2 heteroatoms. The number of likely N-dealkylation sites (N-methyl/N-ethyl adjacent to an activating group) is 1. The van der Waals surface area contributed by atoms with Gasteiger partial charge < -0.3 is 16.9 Å². The van der Waals surface area contributed by atoms with Crippen LogP contribution >= 0.6 is 0 Å². The molecular weight excluding hydrogens is 254 g/mol. The molecule has 1 atom stereocenters. The fourth-order valence-electron chi connectivity index (χ4n) is 2.62. The Bertz CT molecular complexity index is 194. The van der Waals surface area contributed by atoms with Crippen LogP contribution in [0, 0.1) is 0 Å². The molecule has 0 saturated heterocycles. The SMILES string of the molecule is C=CC[N+](C)(CCCCCC)CCCCCCC.[Cl-]. The molecule has 1 unspecified atom stereocenters. The maximum absolute atomic E-state index is 3.93. The molecule has 116 valence electrons. The molecule has 0 amide bonds. The van der Waals surface area contributed by atoms with Gasteiger partial charge in [0.1, 0.15) is 0 Å². The number of halogens is 1. The van der Waals surface area contributed by atoms with Gasteiger partial charge in [-0.25, -0.2) is 0 Å². The van der Waals surface area contributed by atoms with E-state index in [2.05, 4.69) is 33.6 Å². The molecule has 0 aromatic heterocycles. The summed E-state index contributed by atoms with van der Waals surface area (Å²) in [7, 11) is 2.41. The van der Waals surface area contributed by atoms with E-state index in [0.29, 0.717) is 0 Å². The Kier molecular flexibility index (Phi) is 16.1. The van der Waals surface area contributed by atoms with E-state index in [9.17, 15) is 0 Å². The molecule has 0 saturated carbocycles. The van der Waals surface area contributed by atoms with E-state index < -0.39 is 0 Å². The van der Waals surface area contributed by atoms with Gasteiger partial charge in [0.2, 0.25) is 0 Å². The van der Waals surface area contributed by atoms with Crippen LogP contribution in [0.25, 0.3) is 0 Å². The summed E-state index contributed by atoms with van der Waals surface area (Å²) in [4.78, 5) is 0. The smallest absolute Gasteiger partial charge is 0.0969 e. The van der Waals surface area contributed by atoms with Gasteiger partial charge in [-0.05, 0) is 31.8 Å². The van der Waals surface area contributed by atoms with Gasteiger partial charge in [-0.1, -0.05) is 52.5 Å². The first kappa shape index (κ1) is 21.3. The summed E-state index contributed by atoms with van der Waals surface area (Å²) in [5.74, 6) is 0. The van der Waals surface area contributed by atoms with Crippen molar-refractivity contribution in [2.45, 2.75) is 71.6 Å². The van der Waals surface area contributed by atoms with Crippen LogP contribution in [-0.4, -0.2) is 31.2 Å². The summed E-state index contributed by atoms with van der Waals surface area (Å²) >= 11 is 0. The van der Waals surface area contributed by atoms with Crippen LogP contribution < -0.4 is 12.4 Å². The van der Waals surface area contributed by atoms with Crippen molar-refractivity contribution in [2.75, 3.05) is 26.7 Å². The molecule has 0 aliphatic carbocycles. The van der Waals surface area contributed by atoms with Gasteiger partial charge in [-0.15, -0.1) is 0 Å². The van der Waals surface area contributed by atoms with Crippen LogP contribution in [0.4, 0.5) is 0 Å². The van der Waals surface area contributed by atoms with E-state index in [0.717, 1.165) is 6.54 Å². The highest BCUT2D eigenvalue weighted by atomic mass is 35.5. The minimum atomic E-state index is 0. The van der Waals surface area contributed by atoms with Gasteiger partial charge in [0.05, 0.1) is 26.7 Å². The standard InChI is InChI=1S/C17H36N.ClH/c1-5-8-10-12-14-17-18(4,15-7-3)16-13-11-9-6-2;/h7H,3,5-6,8-17H2,1-2,4H3;1H/q+1;/p-1. The minimum Gasteiger partial charge on any atom is -1.00 e. The second-order valence-electron chi connectivity index (χ2n) is 6.01. The van der Waals surface area contributed by atoms with E-state index in [1.807, 2.05) is 0 Å². The number of hydrogen-bond donors (Lipinski definition) is 0. The third kappa shape index (κ3) is 12.8. The van der Waals surface area contributed by atoms with E-state index in [1.54, 1.807) is 0 Å². The topological polar surface area (TPSA) is 0 Å². The quantitative estimate of drug-likeness (QED) is 0.277. The Morgan fingerprint density at radius 3 is 1.63 bits per heavy atom. The van der Waals surface area contributed by atoms with Gasteiger partial charge >= 0.3 is 0 Å². The normalized spacial score (nSPS) is 13.6. The highest BCUT2D eigenvalue weighted by Crippen LogP contribution is 2.12. The Morgan fingerprint density at radius 1 is 0.789 bits per heavy atom. The molecule has 0 aliphatic rings. The lowest BCUT2D eigenvalue weighted by Crippen LogP contribution is -3.00. The summed E-state index contributed by atoms with van der Waals surface area (Å²) in [6, 6.07) is 0. The predicted octanol–water partition coefficient (Wildman–Crippen LogP) is 2.17. The molecule has 0 rings (SSSR count). The fourth-order valence-corrected chi connectivity index (χ4v) is 2.62. The Hall–Kier alpha value is -0.0100. The van der Waals surface area contributed by atoms with Crippen LogP contribution in [0.2, 0.25) is 0 Å². The first-order chi connectivity index (χ1) is 8.68. The molecule has 0 bridgehead atoms. The number of quaternary nitrogens is 1. The van der Waals surface area contributed by atoms with Gasteiger partial charge in [-0.3, -0.25) is 0 Å². The average molecular weight is 290 g/mol. The maximum Gasteiger partial charge on any atom is 0.0969 e. The molecule has 0 aromatic rings. The van der Waals surface area contributed by atoms with Crippen molar-refractivity contribution in [3.8, 4) is 0 Å². The molecular formula is C17H36ClN. The molecule has 0 spiro atoms.